The Bertz CT molecular complexity index is 741. The number of amides is 2. The van der Waals surface area contributed by atoms with E-state index in [1.54, 1.807) is 19.0 Å². The molecular weight excluding hydrogens is 363 g/mol. The van der Waals surface area contributed by atoms with Crippen molar-refractivity contribution in [1.82, 2.24) is 19.8 Å². The number of rotatable bonds is 2. The molecule has 0 bridgehead atoms. The van der Waals surface area contributed by atoms with E-state index >= 15 is 0 Å². The van der Waals surface area contributed by atoms with Crippen LogP contribution in [0.1, 0.15) is 25.7 Å². The first kappa shape index (κ1) is 19.2. The Morgan fingerprint density at radius 3 is 2.61 bits per heavy atom. The van der Waals surface area contributed by atoms with Crippen molar-refractivity contribution in [2.75, 3.05) is 63.2 Å². The van der Waals surface area contributed by atoms with E-state index in [9.17, 15) is 14.3 Å². The van der Waals surface area contributed by atoms with E-state index in [4.69, 9.17) is 0 Å². The number of anilines is 2. The minimum Gasteiger partial charge on any atom is -0.389 e. The molecule has 3 aliphatic rings. The molecule has 3 fully saturated rings. The molecule has 0 aliphatic carbocycles. The van der Waals surface area contributed by atoms with E-state index in [0.29, 0.717) is 45.0 Å². The van der Waals surface area contributed by atoms with E-state index in [-0.39, 0.29) is 17.8 Å². The van der Waals surface area contributed by atoms with Crippen LogP contribution in [0.4, 0.5) is 21.0 Å². The number of aromatic nitrogens is 2. The smallest absolute Gasteiger partial charge is 0.320 e. The number of halogens is 1. The molecule has 1 aromatic heterocycles. The normalized spacial score (nSPS) is 27.7. The average Bonchev–Trinajstić information content (AvgIpc) is 3.21. The second-order valence-electron chi connectivity index (χ2n) is 8.41. The van der Waals surface area contributed by atoms with Crippen LogP contribution in [0.25, 0.3) is 0 Å². The predicted molar refractivity (Wildman–Crippen MR) is 104 cm³/mol. The first-order chi connectivity index (χ1) is 13.4. The van der Waals surface area contributed by atoms with Gasteiger partial charge >= 0.3 is 6.03 Å². The Hall–Kier alpha value is -2.16. The quantitative estimate of drug-likeness (QED) is 0.814. The lowest BCUT2D eigenvalue weighted by molar-refractivity contribution is -0.0764. The highest BCUT2D eigenvalue weighted by molar-refractivity contribution is 5.75. The molecule has 0 unspecified atom stereocenters. The Morgan fingerprint density at radius 1 is 1.18 bits per heavy atom. The average molecular weight is 392 g/mol. The topological polar surface area (TPSA) is 76.0 Å². The summed E-state index contributed by atoms with van der Waals surface area (Å²) in [5.74, 6) is 0.191. The fourth-order valence-corrected chi connectivity index (χ4v) is 4.58. The number of hydrogen-bond acceptors (Lipinski definition) is 6. The lowest BCUT2D eigenvalue weighted by Crippen LogP contribution is -2.62. The molecule has 4 heterocycles. The summed E-state index contributed by atoms with van der Waals surface area (Å²) in [7, 11) is 3.49. The van der Waals surface area contributed by atoms with Crippen molar-refractivity contribution in [1.29, 1.82) is 0 Å². The Labute approximate surface area is 164 Å². The number of hydrogen-bond donors (Lipinski definition) is 1. The summed E-state index contributed by atoms with van der Waals surface area (Å²) in [4.78, 5) is 28.7. The molecule has 3 saturated heterocycles. The number of piperidine rings is 2. The van der Waals surface area contributed by atoms with Crippen molar-refractivity contribution < 1.29 is 14.3 Å². The molecule has 154 valence electrons. The third-order valence-electron chi connectivity index (χ3n) is 6.34. The van der Waals surface area contributed by atoms with Crippen LogP contribution in [0.2, 0.25) is 0 Å². The molecule has 0 radical (unpaired) electrons. The largest absolute Gasteiger partial charge is 0.389 e. The molecule has 9 heteroatoms. The van der Waals surface area contributed by atoms with Crippen molar-refractivity contribution in [2.45, 2.75) is 31.3 Å². The van der Waals surface area contributed by atoms with Crippen molar-refractivity contribution in [3.8, 4) is 0 Å². The minimum atomic E-state index is -0.761. The molecule has 4 rings (SSSR count). The maximum Gasteiger partial charge on any atom is 0.320 e. The molecule has 3 aliphatic heterocycles. The van der Waals surface area contributed by atoms with Gasteiger partial charge in [0.05, 0.1) is 11.8 Å². The van der Waals surface area contributed by atoms with Gasteiger partial charge in [0.25, 0.3) is 0 Å². The van der Waals surface area contributed by atoms with E-state index in [1.165, 1.54) is 6.20 Å². The van der Waals surface area contributed by atoms with E-state index in [1.807, 2.05) is 14.7 Å². The molecule has 0 aromatic carbocycles. The van der Waals surface area contributed by atoms with Crippen LogP contribution in [-0.4, -0.2) is 89.9 Å². The molecule has 0 spiro atoms. The summed E-state index contributed by atoms with van der Waals surface area (Å²) in [5.41, 5.74) is -0.761. The maximum absolute atomic E-state index is 13.9. The fraction of sp³-hybridized carbons (Fsp3) is 0.737. The van der Waals surface area contributed by atoms with Gasteiger partial charge in [-0.1, -0.05) is 0 Å². The van der Waals surface area contributed by atoms with Crippen LogP contribution < -0.4 is 9.80 Å². The van der Waals surface area contributed by atoms with Gasteiger partial charge in [-0.3, -0.25) is 0 Å². The van der Waals surface area contributed by atoms with Gasteiger partial charge in [0.1, 0.15) is 0 Å². The summed E-state index contributed by atoms with van der Waals surface area (Å²) in [6.45, 7) is 3.95. The molecule has 1 N–H and O–H groups in total. The molecule has 2 amide bonds. The first-order valence-electron chi connectivity index (χ1n) is 10.1. The predicted octanol–water partition coefficient (Wildman–Crippen LogP) is 1.16. The maximum atomic E-state index is 13.9. The SMILES string of the molecule is CN(C)c1nc(N2CC[C@@]3(O)CCN(C(=O)N4CCCC4)C[C@H]3C2)ncc1F. The van der Waals surface area contributed by atoms with Gasteiger partial charge in [-0.2, -0.15) is 4.98 Å². The molecule has 0 saturated carbocycles. The zero-order valence-corrected chi connectivity index (χ0v) is 16.6. The fourth-order valence-electron chi connectivity index (χ4n) is 4.58. The number of likely N-dealkylation sites (tertiary alicyclic amines) is 2. The van der Waals surface area contributed by atoms with Crippen LogP contribution in [-0.2, 0) is 0 Å². The number of carbonyl (C=O) groups is 1. The standard InChI is InChI=1S/C19H29FN6O2/c1-23(2)16-15(20)11-21-17(22-16)25-9-5-19(28)6-10-26(13-14(19)12-25)18(27)24-7-3-4-8-24/h11,14,28H,3-10,12-13H2,1-2H3/t14-,19-/m1/s1. The van der Waals surface area contributed by atoms with Gasteiger partial charge in [-0.05, 0) is 25.7 Å². The second-order valence-corrected chi connectivity index (χ2v) is 8.41. The Morgan fingerprint density at radius 2 is 1.89 bits per heavy atom. The minimum absolute atomic E-state index is 0.0713. The van der Waals surface area contributed by atoms with Crippen LogP contribution in [0, 0.1) is 11.7 Å². The highest BCUT2D eigenvalue weighted by atomic mass is 19.1. The summed E-state index contributed by atoms with van der Waals surface area (Å²) in [5, 5.41) is 11.1. The summed E-state index contributed by atoms with van der Waals surface area (Å²) in [6, 6.07) is 0.0876. The lowest BCUT2D eigenvalue weighted by Gasteiger charge is -2.50. The summed E-state index contributed by atoms with van der Waals surface area (Å²) < 4.78 is 13.9. The van der Waals surface area contributed by atoms with Crippen molar-refractivity contribution >= 4 is 17.8 Å². The number of fused-ring (bicyclic) bond motifs is 1. The van der Waals surface area contributed by atoms with Crippen molar-refractivity contribution in [2.24, 2.45) is 5.92 Å². The molecular formula is C19H29FN6O2. The van der Waals surface area contributed by atoms with E-state index in [2.05, 4.69) is 9.97 Å². The van der Waals surface area contributed by atoms with Gasteiger partial charge in [-0.15, -0.1) is 0 Å². The monoisotopic (exact) mass is 392 g/mol. The van der Waals surface area contributed by atoms with Crippen LogP contribution in [0.15, 0.2) is 6.20 Å². The van der Waals surface area contributed by atoms with Gasteiger partial charge in [-0.25, -0.2) is 14.2 Å². The Balaban J connectivity index is 1.49. The number of aliphatic hydroxyl groups is 1. The van der Waals surface area contributed by atoms with Gasteiger partial charge in [0.15, 0.2) is 11.6 Å². The first-order valence-corrected chi connectivity index (χ1v) is 10.1. The third kappa shape index (κ3) is 3.47. The molecule has 1 aromatic rings. The van der Waals surface area contributed by atoms with Crippen LogP contribution >= 0.6 is 0 Å². The van der Waals surface area contributed by atoms with Gasteiger partial charge < -0.3 is 24.7 Å². The highest BCUT2D eigenvalue weighted by Crippen LogP contribution is 2.37. The van der Waals surface area contributed by atoms with E-state index < -0.39 is 11.4 Å². The second kappa shape index (κ2) is 7.35. The lowest BCUT2D eigenvalue weighted by atomic mass is 9.76. The third-order valence-corrected chi connectivity index (χ3v) is 6.34. The summed E-state index contributed by atoms with van der Waals surface area (Å²) >= 11 is 0. The van der Waals surface area contributed by atoms with E-state index in [0.717, 1.165) is 25.9 Å². The molecule has 28 heavy (non-hydrogen) atoms. The molecule has 2 atom stereocenters. The number of nitrogens with zero attached hydrogens (tertiary/aromatic N) is 6. The van der Waals surface area contributed by atoms with Gasteiger partial charge in [0.2, 0.25) is 5.95 Å². The highest BCUT2D eigenvalue weighted by Gasteiger charge is 2.47. The molecule has 8 nitrogen and oxygen atoms in total. The zero-order chi connectivity index (χ0) is 19.9. The van der Waals surface area contributed by atoms with Crippen LogP contribution in [0.3, 0.4) is 0 Å². The van der Waals surface area contributed by atoms with Crippen molar-refractivity contribution in [3.63, 3.8) is 0 Å². The summed E-state index contributed by atoms with van der Waals surface area (Å²) in [6.07, 6.45) is 4.52. The number of urea groups is 1. The number of carbonyl (C=O) groups excluding carboxylic acids is 1. The zero-order valence-electron chi connectivity index (χ0n) is 16.6. The van der Waals surface area contributed by atoms with Crippen LogP contribution in [0.5, 0.6) is 0 Å². The Kier molecular flexibility index (Phi) is 5.03. The van der Waals surface area contributed by atoms with Crippen molar-refractivity contribution in [3.05, 3.63) is 12.0 Å². The van der Waals surface area contributed by atoms with Gasteiger partial charge in [0, 0.05) is 59.3 Å².